The monoisotopic (exact) mass is 794 g/mol. The predicted molar refractivity (Wildman–Crippen MR) is 195 cm³/mol. The number of fused-ring (bicyclic) bond motifs is 2. The Morgan fingerprint density at radius 3 is 1.79 bits per heavy atom. The largest absolute Gasteiger partial charge is 0.683 e. The molecule has 0 spiro atoms. The summed E-state index contributed by atoms with van der Waals surface area (Å²) in [5.74, 6) is 0.204. The van der Waals surface area contributed by atoms with Crippen LogP contribution in [-0.4, -0.2) is 53.4 Å². The Morgan fingerprint density at radius 1 is 0.681 bits per heavy atom. The smallest absolute Gasteiger partial charge is 0.103 e. The molecule has 2 aromatic carbocycles. The molecule has 5 rings (SSSR count). The maximum absolute atomic E-state index is 10.5. The van der Waals surface area contributed by atoms with Crippen molar-refractivity contribution < 1.29 is 36.1 Å². The molecule has 244 valence electrons. The van der Waals surface area contributed by atoms with E-state index in [1.807, 2.05) is 109 Å². The number of aliphatic hydroxyl groups excluding tert-OH is 1. The molecule has 2 N–H and O–H groups in total. The van der Waals surface area contributed by atoms with Crippen LogP contribution < -0.4 is 0 Å². The average Bonchev–Trinajstić information content (AvgIpc) is 3.41. The van der Waals surface area contributed by atoms with E-state index in [2.05, 4.69) is 12.2 Å². The molecule has 0 saturated heterocycles. The number of benzene rings is 2. The van der Waals surface area contributed by atoms with Crippen LogP contribution in [-0.2, 0) is 32.3 Å². The van der Waals surface area contributed by atoms with E-state index in [1.165, 1.54) is 0 Å². The first-order valence-electron chi connectivity index (χ1n) is 16.2. The molecule has 0 atom stereocenters. The van der Waals surface area contributed by atoms with Gasteiger partial charge in [0.2, 0.25) is 0 Å². The van der Waals surface area contributed by atoms with E-state index >= 15 is 0 Å². The van der Waals surface area contributed by atoms with Crippen LogP contribution in [0.15, 0.2) is 149 Å². The van der Waals surface area contributed by atoms with Crippen molar-refractivity contribution in [2.24, 2.45) is 9.98 Å². The summed E-state index contributed by atoms with van der Waals surface area (Å²) in [6, 6.07) is 19.3. The van der Waals surface area contributed by atoms with Crippen molar-refractivity contribution >= 4 is 17.0 Å². The van der Waals surface area contributed by atoms with Crippen molar-refractivity contribution in [3.63, 3.8) is 0 Å². The third-order valence-electron chi connectivity index (χ3n) is 7.42. The number of hydrogen-bond acceptors (Lipinski definition) is 4. The Bertz CT molecular complexity index is 1540. The van der Waals surface area contributed by atoms with Crippen LogP contribution in [0, 0.1) is 0 Å². The molecular weight excluding hydrogens is 747 g/mol. The van der Waals surface area contributed by atoms with E-state index in [0.717, 1.165) is 85.8 Å². The Balaban J connectivity index is 0.000000259. The van der Waals surface area contributed by atoms with Gasteiger partial charge in [-0.3, -0.25) is 9.98 Å². The molecule has 0 amide bonds. The molecule has 2 aromatic rings. The molecule has 1 aliphatic heterocycles. The summed E-state index contributed by atoms with van der Waals surface area (Å²) in [6.07, 6.45) is 25.0. The minimum Gasteiger partial charge on any atom is -0.683 e. The van der Waals surface area contributed by atoms with Gasteiger partial charge in [-0.15, -0.1) is 24.5 Å². The minimum absolute atomic E-state index is 0. The van der Waals surface area contributed by atoms with Crippen molar-refractivity contribution in [1.29, 1.82) is 0 Å². The van der Waals surface area contributed by atoms with Crippen LogP contribution in [0.4, 0.5) is 0 Å². The van der Waals surface area contributed by atoms with Gasteiger partial charge in [0.25, 0.3) is 0 Å². The molecule has 3 aliphatic rings. The molecule has 0 unspecified atom stereocenters. The normalized spacial score (nSPS) is 17.4. The Labute approximate surface area is 299 Å². The zero-order chi connectivity index (χ0) is 32.5. The third-order valence-corrected chi connectivity index (χ3v) is 7.42. The molecule has 1 heterocycles. The fourth-order valence-corrected chi connectivity index (χ4v) is 5.22. The summed E-state index contributed by atoms with van der Waals surface area (Å²) in [5, 5.41) is 30.3. The van der Waals surface area contributed by atoms with Crippen molar-refractivity contribution in [2.45, 2.75) is 51.6 Å². The zero-order valence-electron chi connectivity index (χ0n) is 27.6. The van der Waals surface area contributed by atoms with Gasteiger partial charge in [0, 0.05) is 62.4 Å². The van der Waals surface area contributed by atoms with Crippen molar-refractivity contribution in [3.8, 4) is 0 Å². The number of hydrogen-bond donors (Lipinski definition) is 2. The maximum Gasteiger partial charge on any atom is 0.103 e. The summed E-state index contributed by atoms with van der Waals surface area (Å²) < 4.78 is 0. The molecule has 47 heavy (non-hydrogen) atoms. The van der Waals surface area contributed by atoms with E-state index in [0.29, 0.717) is 12.0 Å². The second-order valence-electron chi connectivity index (χ2n) is 11.7. The summed E-state index contributed by atoms with van der Waals surface area (Å²) in [5.41, 5.74) is 5.26. The van der Waals surface area contributed by atoms with Crippen molar-refractivity contribution in [1.82, 2.24) is 0 Å². The summed E-state index contributed by atoms with van der Waals surface area (Å²) in [7, 11) is 0. The quantitative estimate of drug-likeness (QED) is 0.239. The average molecular weight is 793 g/mol. The second-order valence-corrected chi connectivity index (χ2v) is 11.7. The first-order valence-corrected chi connectivity index (χ1v) is 16.2. The van der Waals surface area contributed by atoms with Gasteiger partial charge in [-0.25, -0.2) is 0 Å². The molecule has 6 nitrogen and oxygen atoms in total. The molecule has 0 aromatic heterocycles. The number of allylic oxidation sites excluding steroid dienone is 11. The van der Waals surface area contributed by atoms with E-state index < -0.39 is 5.60 Å². The Kier molecular flexibility index (Phi) is 16.4. The molecule has 2 aliphatic carbocycles. The number of rotatable bonds is 4. The fourth-order valence-electron chi connectivity index (χ4n) is 5.22. The van der Waals surface area contributed by atoms with Crippen LogP contribution in [0.1, 0.15) is 50.7 Å². The van der Waals surface area contributed by atoms with Gasteiger partial charge >= 0.3 is 0 Å². The van der Waals surface area contributed by atoms with Crippen LogP contribution in [0.2, 0.25) is 0 Å². The van der Waals surface area contributed by atoms with Gasteiger partial charge in [-0.05, 0) is 50.0 Å². The van der Waals surface area contributed by atoms with Crippen LogP contribution in [0.3, 0.4) is 0 Å². The van der Waals surface area contributed by atoms with Crippen LogP contribution in [0.5, 0.6) is 0 Å². The van der Waals surface area contributed by atoms with Crippen molar-refractivity contribution in [3.05, 3.63) is 160 Å². The number of aliphatic imine (C=N–C) groups is 2. The van der Waals surface area contributed by atoms with Gasteiger partial charge in [-0.2, -0.15) is 0 Å². The number of nitrogens with zero attached hydrogens (tertiary/aromatic N) is 4. The first kappa shape index (κ1) is 37.6. The minimum atomic E-state index is -1.10. The van der Waals surface area contributed by atoms with E-state index in [-0.39, 0.29) is 31.6 Å². The molecule has 0 saturated carbocycles. The Hall–Kier alpha value is -3.81. The Morgan fingerprint density at radius 2 is 1.21 bits per heavy atom. The molecule has 0 radical (unpaired) electrons. The summed E-state index contributed by atoms with van der Waals surface area (Å²) in [6.45, 7) is 6.57. The van der Waals surface area contributed by atoms with Crippen molar-refractivity contribution in [2.75, 3.05) is 26.2 Å². The van der Waals surface area contributed by atoms with Gasteiger partial charge in [0.1, 0.15) is 5.76 Å². The zero-order valence-corrected chi connectivity index (χ0v) is 31.2. The van der Waals surface area contributed by atoms with E-state index in [9.17, 15) is 10.2 Å². The second kappa shape index (κ2) is 20.4. The molecular formula is C40H46HfN4O2-2. The van der Waals surface area contributed by atoms with Gasteiger partial charge in [-0.1, -0.05) is 122 Å². The predicted octanol–water partition coefficient (Wildman–Crippen LogP) is 9.18. The van der Waals surface area contributed by atoms with E-state index in [4.69, 9.17) is 20.6 Å². The maximum atomic E-state index is 10.5. The third kappa shape index (κ3) is 13.1. The molecule has 7 heteroatoms. The SMILES string of the molecule is C1=CC=C2[N-]CCCCCN=C3C=CC=CC=C3[N-]CCCN=C2C=C1.CC(C)(O)/C(=C(\O)Cc1ccccc1)c1ccccc1.[Hf]. The molecule has 0 bridgehead atoms. The van der Waals surface area contributed by atoms with Crippen LogP contribution in [0.25, 0.3) is 16.2 Å². The topological polar surface area (TPSA) is 93.4 Å². The van der Waals surface area contributed by atoms with Gasteiger partial charge in [0.05, 0.1) is 5.60 Å². The standard InChI is InChI=1S/C22H26N4.C18H20O2.Hf/c1-4-11-19-21(13-6-1)25-17-10-18-26-22-14-7-2-5-12-20(22)24-16-9-3-8-15-23-19;1-18(2,20)17(15-11-7-4-8-12-15)16(19)13-14-9-5-3-6-10-14;/h1-2,4-7,11-14H,3,8-10,15-18H2;3-12,19-20H,13H2,1-2H3;/q-2;;/b;17-16-;. The number of aliphatic hydroxyl groups is 2. The van der Waals surface area contributed by atoms with Gasteiger partial charge < -0.3 is 20.8 Å². The summed E-state index contributed by atoms with van der Waals surface area (Å²) >= 11 is 0. The first-order chi connectivity index (χ1) is 22.4. The summed E-state index contributed by atoms with van der Waals surface area (Å²) in [4.78, 5) is 9.50. The van der Waals surface area contributed by atoms with Crippen LogP contribution >= 0.6 is 0 Å². The van der Waals surface area contributed by atoms with E-state index in [1.54, 1.807) is 13.8 Å². The van der Waals surface area contributed by atoms with Gasteiger partial charge in [0.15, 0.2) is 0 Å². The fraction of sp³-hybridized carbons (Fsp3) is 0.300. The molecule has 0 fully saturated rings.